The summed E-state index contributed by atoms with van der Waals surface area (Å²) in [5.74, 6) is -3.35. The van der Waals surface area contributed by atoms with Gasteiger partial charge in [0.2, 0.25) is 11.8 Å². The Kier molecular flexibility index (Phi) is 17.2. The molecule has 1 fully saturated rings. The number of aliphatic hydroxyl groups excluding tert-OH is 1. The van der Waals surface area contributed by atoms with E-state index >= 15 is 0 Å². The molecule has 0 aromatic heterocycles. The Morgan fingerprint density at radius 1 is 1.01 bits per heavy atom. The number of ether oxygens (including phenoxy) is 5. The highest BCUT2D eigenvalue weighted by Gasteiger charge is 2.49. The monoisotopic (exact) mass is 972 g/mol. The van der Waals surface area contributed by atoms with Crippen LogP contribution in [0.1, 0.15) is 76.0 Å². The Bertz CT molecular complexity index is 2400. The third kappa shape index (κ3) is 11.9. The van der Waals surface area contributed by atoms with E-state index < -0.39 is 84.4 Å². The average Bonchev–Trinajstić information content (AvgIpc) is 3.65. The van der Waals surface area contributed by atoms with Crippen LogP contribution in [0, 0.1) is 11.8 Å². The molecule has 1 unspecified atom stereocenters. The summed E-state index contributed by atoms with van der Waals surface area (Å²) in [5, 5.41) is 26.4. The number of hydrogen-bond acceptors (Lipinski definition) is 12. The van der Waals surface area contributed by atoms with Gasteiger partial charge in [-0.3, -0.25) is 14.9 Å². The lowest BCUT2D eigenvalue weighted by Crippen LogP contribution is -2.64. The standard InChI is InChI=1S/C52H65ClN4O12/c1-30-16-14-21-44(66-9)52(64)28-43(69-50(62)54-52)32(3)48(60)31(2)41(27-46(59)57(7)40-25-34(24-30)26-42(65-8)47(40)53)68-49(61)33(4)56(6)45(58)22-15-23-55(5)51(63)67-29-39-37-19-12-10-17-35(37)36-18-11-13-20-38(36)39/h10-14,16-21,25-26,31-33,39,41,43-44,48,60,64H,15,22-24,27-29H2,1-9H3,(H,54,62)/b21-14+,30-16+/t31-,32+,33-,41-,43-,44+,48?,52-/m0/s1. The lowest BCUT2D eigenvalue weighted by atomic mass is 9.81. The summed E-state index contributed by atoms with van der Waals surface area (Å²) < 4.78 is 28.7. The van der Waals surface area contributed by atoms with Gasteiger partial charge in [-0.15, -0.1) is 0 Å². The minimum atomic E-state index is -1.93. The van der Waals surface area contributed by atoms with E-state index in [9.17, 15) is 34.2 Å². The number of amides is 4. The number of halogens is 1. The van der Waals surface area contributed by atoms with E-state index in [0.29, 0.717) is 17.9 Å². The number of aliphatic hydroxyl groups is 2. The van der Waals surface area contributed by atoms with Crippen LogP contribution in [-0.4, -0.2) is 135 Å². The molecule has 1 saturated heterocycles. The molecule has 2 aliphatic heterocycles. The van der Waals surface area contributed by atoms with E-state index in [-0.39, 0.29) is 43.4 Å². The first-order valence-electron chi connectivity index (χ1n) is 23.2. The molecule has 3 aliphatic rings. The Morgan fingerprint density at radius 2 is 1.67 bits per heavy atom. The maximum absolute atomic E-state index is 14.3. The largest absolute Gasteiger partial charge is 0.495 e. The van der Waals surface area contributed by atoms with Crippen LogP contribution in [0.15, 0.2) is 84.5 Å². The molecule has 3 N–H and O–H groups in total. The minimum Gasteiger partial charge on any atom is -0.495 e. The molecule has 16 nitrogen and oxygen atoms in total. The van der Waals surface area contributed by atoms with Crippen molar-refractivity contribution in [3.05, 3.63) is 106 Å². The van der Waals surface area contributed by atoms with Crippen LogP contribution < -0.4 is 15.0 Å². The fourth-order valence-corrected chi connectivity index (χ4v) is 9.56. The number of nitrogens with one attached hydrogen (secondary N) is 1. The molecule has 0 spiro atoms. The highest BCUT2D eigenvalue weighted by Crippen LogP contribution is 2.45. The van der Waals surface area contributed by atoms with Crippen LogP contribution in [0.5, 0.6) is 5.75 Å². The van der Waals surface area contributed by atoms with Crippen molar-refractivity contribution in [1.82, 2.24) is 15.1 Å². The number of rotatable bonds is 11. The molecule has 4 amide bonds. The summed E-state index contributed by atoms with van der Waals surface area (Å²) in [6.45, 7) is 6.99. The molecule has 0 radical (unpaired) electrons. The molecule has 3 aromatic rings. The topological polar surface area (TPSA) is 194 Å². The number of hydrogen-bond donors (Lipinski definition) is 3. The van der Waals surface area contributed by atoms with Gasteiger partial charge in [0.15, 0.2) is 5.72 Å². The second-order valence-corrected chi connectivity index (χ2v) is 18.8. The molecule has 3 aromatic carbocycles. The smallest absolute Gasteiger partial charge is 0.409 e. The van der Waals surface area contributed by atoms with E-state index in [1.807, 2.05) is 49.4 Å². The van der Waals surface area contributed by atoms with Crippen LogP contribution in [-0.2, 0) is 39.8 Å². The zero-order valence-corrected chi connectivity index (χ0v) is 41.5. The molecule has 69 heavy (non-hydrogen) atoms. The van der Waals surface area contributed by atoms with E-state index in [1.54, 1.807) is 45.2 Å². The number of likely N-dealkylation sites (N-methyl/N-ethyl adjacent to an activating group) is 1. The van der Waals surface area contributed by atoms with Crippen molar-refractivity contribution in [1.29, 1.82) is 0 Å². The molecule has 372 valence electrons. The normalized spacial score (nSPS) is 25.7. The van der Waals surface area contributed by atoms with Crippen molar-refractivity contribution in [3.63, 3.8) is 0 Å². The number of anilines is 1. The van der Waals surface area contributed by atoms with Crippen LogP contribution in [0.4, 0.5) is 15.3 Å². The molecule has 1 aliphatic carbocycles. The van der Waals surface area contributed by atoms with Gasteiger partial charge in [-0.25, -0.2) is 14.4 Å². The van der Waals surface area contributed by atoms with Gasteiger partial charge in [-0.05, 0) is 66.6 Å². The number of esters is 1. The Labute approximate surface area is 409 Å². The zero-order valence-electron chi connectivity index (χ0n) is 40.8. The SMILES string of the molecule is COc1cc2cc(c1Cl)N(C)C(=O)C[C@H](OC(=O)[C@H](C)N(C)C(=O)CCCN(C)C(=O)OCC1c3ccccc3-c3ccccc31)[C@H](C)C(O)[C@H](C)[C@@H]1C[C@@](O)(NC(=O)O1)[C@H](OC)/C=C/C=C(\C)C2. The number of fused-ring (bicyclic) bond motifs is 7. The predicted octanol–water partition coefficient (Wildman–Crippen LogP) is 7.02. The van der Waals surface area contributed by atoms with Crippen molar-refractivity contribution in [2.24, 2.45) is 11.8 Å². The van der Waals surface area contributed by atoms with E-state index in [1.165, 1.54) is 49.9 Å². The summed E-state index contributed by atoms with van der Waals surface area (Å²) in [4.78, 5) is 71.9. The van der Waals surface area contributed by atoms with Gasteiger partial charge in [0.05, 0.1) is 25.3 Å². The second kappa shape index (κ2) is 22.7. The Morgan fingerprint density at radius 3 is 2.30 bits per heavy atom. The maximum atomic E-state index is 14.3. The van der Waals surface area contributed by atoms with E-state index in [0.717, 1.165) is 33.4 Å². The van der Waals surface area contributed by atoms with Gasteiger partial charge in [0.25, 0.3) is 0 Å². The first-order valence-corrected chi connectivity index (χ1v) is 23.6. The lowest BCUT2D eigenvalue weighted by Gasteiger charge is -2.43. The minimum absolute atomic E-state index is 0.00586. The third-order valence-electron chi connectivity index (χ3n) is 13.7. The molecule has 2 heterocycles. The molecule has 0 saturated carbocycles. The molecule has 17 heteroatoms. The van der Waals surface area contributed by atoms with Gasteiger partial charge < -0.3 is 48.6 Å². The highest BCUT2D eigenvalue weighted by molar-refractivity contribution is 6.35. The fraction of sp³-hybridized carbons (Fsp3) is 0.481. The van der Waals surface area contributed by atoms with Gasteiger partial charge in [0, 0.05) is 65.4 Å². The lowest BCUT2D eigenvalue weighted by molar-refractivity contribution is -0.167. The van der Waals surface area contributed by atoms with E-state index in [2.05, 4.69) is 17.4 Å². The number of alkyl carbamates (subject to hydrolysis) is 1. The summed E-state index contributed by atoms with van der Waals surface area (Å²) in [6, 6.07) is 18.5. The number of carbonyl (C=O) groups excluding carboxylic acids is 5. The summed E-state index contributed by atoms with van der Waals surface area (Å²) in [6.07, 6.45) is -0.935. The Balaban J connectivity index is 1.15. The van der Waals surface area contributed by atoms with Crippen LogP contribution in [0.2, 0.25) is 5.02 Å². The molecular weight excluding hydrogens is 908 g/mol. The summed E-state index contributed by atoms with van der Waals surface area (Å²) in [5.41, 5.74) is 4.49. The van der Waals surface area contributed by atoms with E-state index in [4.69, 9.17) is 35.3 Å². The predicted molar refractivity (Wildman–Crippen MR) is 260 cm³/mol. The average molecular weight is 974 g/mol. The van der Waals surface area contributed by atoms with Crippen molar-refractivity contribution in [3.8, 4) is 16.9 Å². The third-order valence-corrected chi connectivity index (χ3v) is 14.1. The van der Waals surface area contributed by atoms with Crippen molar-refractivity contribution >= 4 is 47.3 Å². The molecule has 8 atom stereocenters. The second-order valence-electron chi connectivity index (χ2n) is 18.4. The highest BCUT2D eigenvalue weighted by atomic mass is 35.5. The van der Waals surface area contributed by atoms with Gasteiger partial charge in [-0.2, -0.15) is 0 Å². The van der Waals surface area contributed by atoms with Crippen LogP contribution in [0.3, 0.4) is 0 Å². The van der Waals surface area contributed by atoms with Crippen molar-refractivity contribution < 1.29 is 57.9 Å². The number of allylic oxidation sites excluding steroid dienone is 3. The molecular formula is C52H65ClN4O12. The van der Waals surface area contributed by atoms with Crippen molar-refractivity contribution in [2.45, 2.75) is 102 Å². The first-order chi connectivity index (χ1) is 32.8. The van der Waals surface area contributed by atoms with Crippen molar-refractivity contribution in [2.75, 3.05) is 53.4 Å². The quantitative estimate of drug-likeness (QED) is 0.132. The summed E-state index contributed by atoms with van der Waals surface area (Å²) >= 11 is 6.79. The summed E-state index contributed by atoms with van der Waals surface area (Å²) in [7, 11) is 7.45. The maximum Gasteiger partial charge on any atom is 0.409 e. The number of nitrogens with zero attached hydrogens (tertiary/aromatic N) is 3. The zero-order chi connectivity index (χ0) is 50.3. The Hall–Kier alpha value is -5.94. The number of benzene rings is 3. The fourth-order valence-electron chi connectivity index (χ4n) is 9.25. The van der Waals surface area contributed by atoms with Gasteiger partial charge in [0.1, 0.15) is 41.7 Å². The van der Waals surface area contributed by atoms with Gasteiger partial charge in [-0.1, -0.05) is 97.8 Å². The molecule has 4 bridgehead atoms. The van der Waals surface area contributed by atoms with Crippen LogP contribution >= 0.6 is 11.6 Å². The molecule has 6 rings (SSSR count). The van der Waals surface area contributed by atoms with Gasteiger partial charge >= 0.3 is 18.2 Å². The number of carbonyl (C=O) groups is 5. The first kappa shape index (κ1) is 52.4. The van der Waals surface area contributed by atoms with Crippen LogP contribution in [0.25, 0.3) is 11.1 Å². The number of methoxy groups -OCH3 is 2.